The number of ether oxygens (including phenoxy) is 1. The van der Waals surface area contributed by atoms with Crippen molar-refractivity contribution >= 4 is 0 Å². The molecule has 20 heavy (non-hydrogen) atoms. The van der Waals surface area contributed by atoms with Crippen molar-refractivity contribution in [2.75, 3.05) is 6.61 Å². The van der Waals surface area contributed by atoms with Gasteiger partial charge in [-0.1, -0.05) is 26.3 Å². The molecular formula is C18H31NO. The third-order valence-electron chi connectivity index (χ3n) is 3.99. The van der Waals surface area contributed by atoms with Gasteiger partial charge in [0.25, 0.3) is 0 Å². The van der Waals surface area contributed by atoms with Crippen molar-refractivity contribution in [2.24, 2.45) is 5.73 Å². The second-order valence-corrected chi connectivity index (χ2v) is 5.76. The van der Waals surface area contributed by atoms with Crippen LogP contribution in [-0.4, -0.2) is 12.6 Å². The maximum absolute atomic E-state index is 6.08. The van der Waals surface area contributed by atoms with Gasteiger partial charge < -0.3 is 10.5 Å². The van der Waals surface area contributed by atoms with E-state index in [2.05, 4.69) is 39.8 Å². The van der Waals surface area contributed by atoms with Crippen molar-refractivity contribution < 1.29 is 4.74 Å². The molecule has 0 amide bonds. The predicted octanol–water partition coefficient (Wildman–Crippen LogP) is 4.54. The average molecular weight is 277 g/mol. The van der Waals surface area contributed by atoms with E-state index in [1.54, 1.807) is 0 Å². The van der Waals surface area contributed by atoms with Crippen LogP contribution in [0.1, 0.15) is 62.6 Å². The third kappa shape index (κ3) is 5.16. The van der Waals surface area contributed by atoms with Gasteiger partial charge in [-0.25, -0.2) is 0 Å². The van der Waals surface area contributed by atoms with Gasteiger partial charge >= 0.3 is 0 Å². The molecule has 2 N–H and O–H groups in total. The SMILES string of the molecule is CCCOc1ccc(CCCC(N)CCC)c(C)c1C. The Morgan fingerprint density at radius 3 is 2.45 bits per heavy atom. The number of hydrogen-bond acceptors (Lipinski definition) is 2. The molecule has 0 saturated heterocycles. The van der Waals surface area contributed by atoms with Crippen LogP contribution in [-0.2, 0) is 6.42 Å². The molecule has 2 nitrogen and oxygen atoms in total. The van der Waals surface area contributed by atoms with Crippen LogP contribution in [0.15, 0.2) is 12.1 Å². The first-order valence-electron chi connectivity index (χ1n) is 8.07. The van der Waals surface area contributed by atoms with Crippen LogP contribution >= 0.6 is 0 Å². The van der Waals surface area contributed by atoms with Gasteiger partial charge in [-0.3, -0.25) is 0 Å². The van der Waals surface area contributed by atoms with Crippen molar-refractivity contribution in [2.45, 2.75) is 72.3 Å². The van der Waals surface area contributed by atoms with Crippen LogP contribution in [0.4, 0.5) is 0 Å². The largest absolute Gasteiger partial charge is 0.493 e. The lowest BCUT2D eigenvalue weighted by molar-refractivity contribution is 0.315. The molecule has 114 valence electrons. The monoisotopic (exact) mass is 277 g/mol. The summed E-state index contributed by atoms with van der Waals surface area (Å²) in [7, 11) is 0. The molecule has 1 unspecified atom stereocenters. The quantitative estimate of drug-likeness (QED) is 0.719. The van der Waals surface area contributed by atoms with Gasteiger partial charge in [0, 0.05) is 6.04 Å². The molecular weight excluding hydrogens is 246 g/mol. The standard InChI is InChI=1S/C18H31NO/c1-5-8-17(19)10-7-9-16-11-12-18(20-13-6-2)15(4)14(16)3/h11-12,17H,5-10,13,19H2,1-4H3. The highest BCUT2D eigenvalue weighted by Crippen LogP contribution is 2.25. The van der Waals surface area contributed by atoms with Gasteiger partial charge in [0.15, 0.2) is 0 Å². The molecule has 0 aliphatic heterocycles. The fraction of sp³-hybridized carbons (Fsp3) is 0.667. The average Bonchev–Trinajstić information content (AvgIpc) is 2.43. The van der Waals surface area contributed by atoms with Crippen LogP contribution in [0.5, 0.6) is 5.75 Å². The summed E-state index contributed by atoms with van der Waals surface area (Å²) >= 11 is 0. The van der Waals surface area contributed by atoms with Gasteiger partial charge in [0.05, 0.1) is 6.61 Å². The van der Waals surface area contributed by atoms with Crippen LogP contribution in [0, 0.1) is 13.8 Å². The highest BCUT2D eigenvalue weighted by Gasteiger charge is 2.08. The number of hydrogen-bond donors (Lipinski definition) is 1. The van der Waals surface area contributed by atoms with E-state index in [0.29, 0.717) is 6.04 Å². The van der Waals surface area contributed by atoms with E-state index in [4.69, 9.17) is 10.5 Å². The summed E-state index contributed by atoms with van der Waals surface area (Å²) in [4.78, 5) is 0. The number of benzene rings is 1. The van der Waals surface area contributed by atoms with Gasteiger partial charge in [-0.05, 0) is 68.7 Å². The van der Waals surface area contributed by atoms with Crippen molar-refractivity contribution in [3.05, 3.63) is 28.8 Å². The Morgan fingerprint density at radius 1 is 1.05 bits per heavy atom. The first kappa shape index (κ1) is 17.0. The van der Waals surface area contributed by atoms with Crippen molar-refractivity contribution in [1.82, 2.24) is 0 Å². The molecule has 0 aliphatic carbocycles. The fourth-order valence-electron chi connectivity index (χ4n) is 2.56. The maximum Gasteiger partial charge on any atom is 0.122 e. The van der Waals surface area contributed by atoms with Crippen molar-refractivity contribution in [3.63, 3.8) is 0 Å². The van der Waals surface area contributed by atoms with Crippen LogP contribution in [0.25, 0.3) is 0 Å². The minimum atomic E-state index is 0.369. The fourth-order valence-corrected chi connectivity index (χ4v) is 2.56. The zero-order chi connectivity index (χ0) is 15.0. The Balaban J connectivity index is 2.57. The molecule has 0 fully saturated rings. The highest BCUT2D eigenvalue weighted by molar-refractivity contribution is 5.43. The normalized spacial score (nSPS) is 12.4. The lowest BCUT2D eigenvalue weighted by Gasteiger charge is -2.15. The molecule has 2 heteroatoms. The van der Waals surface area contributed by atoms with E-state index >= 15 is 0 Å². The van der Waals surface area contributed by atoms with Crippen molar-refractivity contribution in [3.8, 4) is 5.75 Å². The zero-order valence-electron chi connectivity index (χ0n) is 13.7. The van der Waals surface area contributed by atoms with Gasteiger partial charge in [0.2, 0.25) is 0 Å². The molecule has 0 heterocycles. The second-order valence-electron chi connectivity index (χ2n) is 5.76. The minimum absolute atomic E-state index is 0.369. The van der Waals surface area contributed by atoms with Crippen molar-refractivity contribution in [1.29, 1.82) is 0 Å². The van der Waals surface area contributed by atoms with Crippen LogP contribution in [0.2, 0.25) is 0 Å². The molecule has 0 bridgehead atoms. The molecule has 1 rings (SSSR count). The highest BCUT2D eigenvalue weighted by atomic mass is 16.5. The third-order valence-corrected chi connectivity index (χ3v) is 3.99. The number of rotatable bonds is 9. The van der Waals surface area contributed by atoms with E-state index < -0.39 is 0 Å². The predicted molar refractivity (Wildman–Crippen MR) is 87.5 cm³/mol. The Labute approximate surface area is 124 Å². The molecule has 0 aromatic heterocycles. The number of aryl methyl sites for hydroxylation is 1. The summed E-state index contributed by atoms with van der Waals surface area (Å²) in [6, 6.07) is 4.71. The Morgan fingerprint density at radius 2 is 1.80 bits per heavy atom. The summed E-state index contributed by atoms with van der Waals surface area (Å²) in [6.45, 7) is 9.49. The molecule has 0 aliphatic rings. The molecule has 1 aromatic carbocycles. The second kappa shape index (κ2) is 9.02. The summed E-state index contributed by atoms with van der Waals surface area (Å²) in [5.74, 6) is 1.04. The maximum atomic E-state index is 6.08. The van der Waals surface area contributed by atoms with E-state index in [1.807, 2.05) is 0 Å². The summed E-state index contributed by atoms with van der Waals surface area (Å²) in [5.41, 5.74) is 10.2. The smallest absolute Gasteiger partial charge is 0.122 e. The molecule has 0 saturated carbocycles. The van der Waals surface area contributed by atoms with E-state index in [-0.39, 0.29) is 0 Å². The topological polar surface area (TPSA) is 35.2 Å². The van der Waals surface area contributed by atoms with Crippen LogP contribution < -0.4 is 10.5 Å². The lowest BCUT2D eigenvalue weighted by Crippen LogP contribution is -2.19. The first-order valence-corrected chi connectivity index (χ1v) is 8.07. The Kier molecular flexibility index (Phi) is 7.68. The van der Waals surface area contributed by atoms with Gasteiger partial charge in [-0.15, -0.1) is 0 Å². The molecule has 1 aromatic rings. The Bertz CT molecular complexity index is 401. The van der Waals surface area contributed by atoms with Gasteiger partial charge in [0.1, 0.15) is 5.75 Å². The molecule has 0 radical (unpaired) electrons. The lowest BCUT2D eigenvalue weighted by atomic mass is 9.96. The zero-order valence-corrected chi connectivity index (χ0v) is 13.7. The van der Waals surface area contributed by atoms with Gasteiger partial charge in [-0.2, -0.15) is 0 Å². The minimum Gasteiger partial charge on any atom is -0.493 e. The molecule has 1 atom stereocenters. The summed E-state index contributed by atoms with van der Waals surface area (Å²) in [6.07, 6.45) is 6.80. The van der Waals surface area contributed by atoms with E-state index in [1.165, 1.54) is 29.5 Å². The number of nitrogens with two attached hydrogens (primary N) is 1. The van der Waals surface area contributed by atoms with Crippen LogP contribution in [0.3, 0.4) is 0 Å². The first-order chi connectivity index (χ1) is 9.60. The summed E-state index contributed by atoms with van der Waals surface area (Å²) in [5, 5.41) is 0. The summed E-state index contributed by atoms with van der Waals surface area (Å²) < 4.78 is 5.78. The molecule has 0 spiro atoms. The Hall–Kier alpha value is -1.02. The van der Waals surface area contributed by atoms with E-state index in [0.717, 1.165) is 38.0 Å². The van der Waals surface area contributed by atoms with E-state index in [9.17, 15) is 0 Å².